The summed E-state index contributed by atoms with van der Waals surface area (Å²) in [7, 11) is 0. The lowest BCUT2D eigenvalue weighted by Crippen LogP contribution is -2.40. The Morgan fingerprint density at radius 2 is 1.95 bits per heavy atom. The lowest BCUT2D eigenvalue weighted by Gasteiger charge is -2.32. The van der Waals surface area contributed by atoms with Crippen LogP contribution in [0.1, 0.15) is 50.7 Å². The molecule has 3 heterocycles. The first kappa shape index (κ1) is 14.2. The summed E-state index contributed by atoms with van der Waals surface area (Å²) in [6.07, 6.45) is 3.09. The van der Waals surface area contributed by atoms with Gasteiger partial charge in [0.15, 0.2) is 0 Å². The summed E-state index contributed by atoms with van der Waals surface area (Å²) in [5.41, 5.74) is 0.229. The van der Waals surface area contributed by atoms with Crippen molar-refractivity contribution in [2.24, 2.45) is 11.3 Å². The molecule has 0 aromatic carbocycles. The van der Waals surface area contributed by atoms with Crippen molar-refractivity contribution in [3.05, 3.63) is 11.6 Å². The zero-order valence-corrected chi connectivity index (χ0v) is 13.5. The predicted octanol–water partition coefficient (Wildman–Crippen LogP) is 1.13. The third kappa shape index (κ3) is 2.33. The SMILES string of the molecule is CC1(C)C[C@@H]1C(=O)N1CCC(c2nnc3n2CCNC3)CC1. The first-order valence-corrected chi connectivity index (χ1v) is 8.48. The molecule has 120 valence electrons. The Bertz CT molecular complexity index is 585. The minimum absolute atomic E-state index is 0.229. The third-order valence-electron chi connectivity index (χ3n) is 5.63. The van der Waals surface area contributed by atoms with Gasteiger partial charge in [0.25, 0.3) is 0 Å². The van der Waals surface area contributed by atoms with Gasteiger partial charge >= 0.3 is 0 Å². The Morgan fingerprint density at radius 1 is 1.23 bits per heavy atom. The average molecular weight is 303 g/mol. The Labute approximate surface area is 131 Å². The smallest absolute Gasteiger partial charge is 0.226 e. The molecule has 1 amide bonds. The normalized spacial score (nSPS) is 27.5. The third-order valence-corrected chi connectivity index (χ3v) is 5.63. The highest BCUT2D eigenvalue weighted by atomic mass is 16.2. The maximum Gasteiger partial charge on any atom is 0.226 e. The van der Waals surface area contributed by atoms with Gasteiger partial charge in [0.1, 0.15) is 11.6 Å². The van der Waals surface area contributed by atoms with Crippen LogP contribution in [0.4, 0.5) is 0 Å². The summed E-state index contributed by atoms with van der Waals surface area (Å²) in [5, 5.41) is 12.1. The van der Waals surface area contributed by atoms with Gasteiger partial charge in [-0.15, -0.1) is 10.2 Å². The van der Waals surface area contributed by atoms with Crippen LogP contribution >= 0.6 is 0 Å². The van der Waals surface area contributed by atoms with Crippen LogP contribution in [0.5, 0.6) is 0 Å². The highest BCUT2D eigenvalue weighted by molar-refractivity contribution is 5.82. The topological polar surface area (TPSA) is 63.1 Å². The molecule has 6 heteroatoms. The van der Waals surface area contributed by atoms with Gasteiger partial charge in [-0.1, -0.05) is 13.8 Å². The first-order valence-electron chi connectivity index (χ1n) is 8.48. The van der Waals surface area contributed by atoms with Gasteiger partial charge in [0, 0.05) is 38.0 Å². The van der Waals surface area contributed by atoms with E-state index in [1.807, 2.05) is 0 Å². The fraction of sp³-hybridized carbons (Fsp3) is 0.812. The summed E-state index contributed by atoms with van der Waals surface area (Å²) >= 11 is 0. The van der Waals surface area contributed by atoms with E-state index in [9.17, 15) is 4.79 Å². The molecule has 4 rings (SSSR count). The van der Waals surface area contributed by atoms with Crippen LogP contribution in [0.15, 0.2) is 0 Å². The number of nitrogens with zero attached hydrogens (tertiary/aromatic N) is 4. The van der Waals surface area contributed by atoms with E-state index < -0.39 is 0 Å². The van der Waals surface area contributed by atoms with Crippen LogP contribution in [0.25, 0.3) is 0 Å². The maximum absolute atomic E-state index is 12.5. The second-order valence-electron chi connectivity index (χ2n) is 7.65. The quantitative estimate of drug-likeness (QED) is 0.890. The molecule has 1 saturated heterocycles. The maximum atomic E-state index is 12.5. The largest absolute Gasteiger partial charge is 0.342 e. The number of likely N-dealkylation sites (tertiary alicyclic amines) is 1. The van der Waals surface area contributed by atoms with Crippen LogP contribution in [-0.4, -0.2) is 45.2 Å². The summed E-state index contributed by atoms with van der Waals surface area (Å²) in [6, 6.07) is 0. The molecule has 0 spiro atoms. The minimum atomic E-state index is 0.229. The molecule has 0 radical (unpaired) electrons. The Kier molecular flexibility index (Phi) is 3.25. The van der Waals surface area contributed by atoms with Gasteiger partial charge in [0.05, 0.1) is 6.54 Å². The molecule has 1 saturated carbocycles. The van der Waals surface area contributed by atoms with Gasteiger partial charge in [-0.3, -0.25) is 4.79 Å². The zero-order chi connectivity index (χ0) is 15.3. The van der Waals surface area contributed by atoms with Gasteiger partial charge in [-0.05, 0) is 24.7 Å². The monoisotopic (exact) mass is 303 g/mol. The van der Waals surface area contributed by atoms with Crippen LogP contribution < -0.4 is 5.32 Å². The second kappa shape index (κ2) is 5.05. The summed E-state index contributed by atoms with van der Waals surface area (Å²) in [6.45, 7) is 8.91. The molecule has 2 aliphatic heterocycles. The van der Waals surface area contributed by atoms with E-state index in [-0.39, 0.29) is 11.3 Å². The van der Waals surface area contributed by atoms with Crippen molar-refractivity contribution < 1.29 is 4.79 Å². The number of hydrogen-bond acceptors (Lipinski definition) is 4. The molecule has 1 atom stereocenters. The van der Waals surface area contributed by atoms with Crippen molar-refractivity contribution in [3.63, 3.8) is 0 Å². The molecule has 1 aliphatic carbocycles. The molecular formula is C16H25N5O. The van der Waals surface area contributed by atoms with Crippen LogP contribution in [-0.2, 0) is 17.9 Å². The van der Waals surface area contributed by atoms with Crippen molar-refractivity contribution >= 4 is 5.91 Å². The summed E-state index contributed by atoms with van der Waals surface area (Å²) in [5.74, 6) is 3.28. The number of aromatic nitrogens is 3. The predicted molar refractivity (Wildman–Crippen MR) is 82.2 cm³/mol. The van der Waals surface area contributed by atoms with E-state index >= 15 is 0 Å². The molecule has 22 heavy (non-hydrogen) atoms. The number of carbonyl (C=O) groups is 1. The first-order chi connectivity index (χ1) is 10.6. The van der Waals surface area contributed by atoms with Gasteiger partial charge < -0.3 is 14.8 Å². The Balaban J connectivity index is 1.40. The summed E-state index contributed by atoms with van der Waals surface area (Å²) in [4.78, 5) is 14.6. The fourth-order valence-electron chi connectivity index (χ4n) is 3.88. The van der Waals surface area contributed by atoms with Gasteiger partial charge in [-0.25, -0.2) is 0 Å². The Hall–Kier alpha value is -1.43. The van der Waals surface area contributed by atoms with Crippen LogP contribution in [0.3, 0.4) is 0 Å². The Morgan fingerprint density at radius 3 is 2.64 bits per heavy atom. The van der Waals surface area contributed by atoms with Crippen molar-refractivity contribution in [3.8, 4) is 0 Å². The van der Waals surface area contributed by atoms with E-state index in [1.54, 1.807) is 0 Å². The lowest BCUT2D eigenvalue weighted by atomic mass is 9.95. The highest BCUT2D eigenvalue weighted by Gasteiger charge is 2.52. The van der Waals surface area contributed by atoms with Crippen LogP contribution in [0, 0.1) is 11.3 Å². The summed E-state index contributed by atoms with van der Waals surface area (Å²) < 4.78 is 2.28. The molecule has 3 aliphatic rings. The van der Waals surface area contributed by atoms with Crippen molar-refractivity contribution in [2.75, 3.05) is 19.6 Å². The second-order valence-corrected chi connectivity index (χ2v) is 7.65. The number of amides is 1. The molecule has 1 N–H and O–H groups in total. The van der Waals surface area contributed by atoms with E-state index in [4.69, 9.17) is 0 Å². The average Bonchev–Trinajstić information content (AvgIpc) is 2.97. The number of piperidine rings is 1. The van der Waals surface area contributed by atoms with E-state index in [0.29, 0.717) is 11.8 Å². The minimum Gasteiger partial charge on any atom is -0.342 e. The number of fused-ring (bicyclic) bond motifs is 1. The van der Waals surface area contributed by atoms with E-state index in [2.05, 4.69) is 38.8 Å². The lowest BCUT2D eigenvalue weighted by molar-refractivity contribution is -0.134. The van der Waals surface area contributed by atoms with Crippen LogP contribution in [0.2, 0.25) is 0 Å². The molecule has 1 aromatic rings. The molecule has 0 bridgehead atoms. The standard InChI is InChI=1S/C16H25N5O/c1-16(2)9-12(16)15(22)20-6-3-11(4-7-20)14-19-18-13-10-17-5-8-21(13)14/h11-12,17H,3-10H2,1-2H3/t12-/m1/s1. The zero-order valence-electron chi connectivity index (χ0n) is 13.5. The van der Waals surface area contributed by atoms with Crippen molar-refractivity contribution in [1.82, 2.24) is 25.0 Å². The number of carbonyl (C=O) groups excluding carboxylic acids is 1. The van der Waals surface area contributed by atoms with Crippen molar-refractivity contribution in [1.29, 1.82) is 0 Å². The fourth-order valence-corrected chi connectivity index (χ4v) is 3.88. The molecule has 0 unspecified atom stereocenters. The van der Waals surface area contributed by atoms with Gasteiger partial charge in [0.2, 0.25) is 5.91 Å². The molecule has 2 fully saturated rings. The van der Waals surface area contributed by atoms with Crippen molar-refractivity contribution in [2.45, 2.75) is 52.1 Å². The number of hydrogen-bond donors (Lipinski definition) is 1. The highest BCUT2D eigenvalue weighted by Crippen LogP contribution is 2.52. The number of nitrogens with one attached hydrogen (secondary N) is 1. The molecular weight excluding hydrogens is 278 g/mol. The van der Waals surface area contributed by atoms with E-state index in [1.165, 1.54) is 0 Å². The number of rotatable bonds is 2. The molecule has 6 nitrogen and oxygen atoms in total. The van der Waals surface area contributed by atoms with Gasteiger partial charge in [-0.2, -0.15) is 0 Å². The molecule has 1 aromatic heterocycles. The van der Waals surface area contributed by atoms with E-state index in [0.717, 1.165) is 63.6 Å².